The van der Waals surface area contributed by atoms with E-state index in [1.165, 1.54) is 15.8 Å². The predicted octanol–water partition coefficient (Wildman–Crippen LogP) is 3.99. The van der Waals surface area contributed by atoms with Gasteiger partial charge in [0.2, 0.25) is 0 Å². The Labute approximate surface area is 122 Å². The molecule has 2 aromatic heterocycles. The maximum absolute atomic E-state index is 5.88. The number of pyridine rings is 1. The van der Waals surface area contributed by atoms with Gasteiger partial charge in [0, 0.05) is 22.9 Å². The Balaban J connectivity index is 2.06. The molecule has 0 spiro atoms. The van der Waals surface area contributed by atoms with Gasteiger partial charge >= 0.3 is 0 Å². The quantitative estimate of drug-likeness (QED) is 0.790. The Morgan fingerprint density at radius 2 is 2.00 bits per heavy atom. The van der Waals surface area contributed by atoms with Crippen LogP contribution in [0, 0.1) is 0 Å². The lowest BCUT2D eigenvalue weighted by Gasteiger charge is -2.07. The van der Waals surface area contributed by atoms with Gasteiger partial charge in [-0.25, -0.2) is 4.98 Å². The van der Waals surface area contributed by atoms with Crippen LogP contribution in [0.4, 0.5) is 5.13 Å². The summed E-state index contributed by atoms with van der Waals surface area (Å²) >= 11 is 1.58. The highest BCUT2D eigenvalue weighted by molar-refractivity contribution is 7.15. The van der Waals surface area contributed by atoms with Crippen molar-refractivity contribution in [3.05, 3.63) is 52.7 Å². The van der Waals surface area contributed by atoms with Crippen LogP contribution in [0.15, 0.2) is 36.5 Å². The Morgan fingerprint density at radius 3 is 2.80 bits per heavy atom. The van der Waals surface area contributed by atoms with Gasteiger partial charge in [-0.3, -0.25) is 4.98 Å². The summed E-state index contributed by atoms with van der Waals surface area (Å²) in [5.74, 6) is 0.390. The first-order valence-corrected chi connectivity index (χ1v) is 7.54. The minimum absolute atomic E-state index is 0.390. The van der Waals surface area contributed by atoms with Crippen molar-refractivity contribution in [2.24, 2.45) is 0 Å². The summed E-state index contributed by atoms with van der Waals surface area (Å²) in [5, 5.41) is 1.82. The first kappa shape index (κ1) is 13.1. The van der Waals surface area contributed by atoms with E-state index >= 15 is 0 Å². The fourth-order valence-electron chi connectivity index (χ4n) is 2.44. The summed E-state index contributed by atoms with van der Waals surface area (Å²) in [4.78, 5) is 10.2. The second-order valence-electron chi connectivity index (χ2n) is 5.18. The second kappa shape index (κ2) is 5.21. The number of nitrogens with two attached hydrogens (primary N) is 1. The third kappa shape index (κ3) is 2.39. The minimum Gasteiger partial charge on any atom is -0.375 e. The average molecular weight is 283 g/mol. The highest BCUT2D eigenvalue weighted by Gasteiger charge is 2.14. The van der Waals surface area contributed by atoms with Crippen LogP contribution in [0.5, 0.6) is 0 Å². The molecule has 4 heteroatoms. The van der Waals surface area contributed by atoms with Crippen molar-refractivity contribution >= 4 is 27.4 Å². The predicted molar refractivity (Wildman–Crippen MR) is 85.2 cm³/mol. The Kier molecular flexibility index (Phi) is 3.40. The van der Waals surface area contributed by atoms with Crippen LogP contribution < -0.4 is 5.73 Å². The lowest BCUT2D eigenvalue weighted by molar-refractivity contribution is 0.820. The second-order valence-corrected chi connectivity index (χ2v) is 6.30. The standard InChI is InChI=1S/C16H17N3S/c1-10(2)14-13(20-16(17)19-14)9-12-6-3-5-11-7-4-8-18-15(11)12/h3-8,10H,9H2,1-2H3,(H2,17,19). The van der Waals surface area contributed by atoms with Gasteiger partial charge in [0.15, 0.2) is 5.13 Å². The van der Waals surface area contributed by atoms with Gasteiger partial charge in [-0.2, -0.15) is 0 Å². The van der Waals surface area contributed by atoms with Crippen LogP contribution >= 0.6 is 11.3 Å². The van der Waals surface area contributed by atoms with Crippen molar-refractivity contribution in [1.82, 2.24) is 9.97 Å². The van der Waals surface area contributed by atoms with E-state index in [0.29, 0.717) is 11.0 Å². The minimum atomic E-state index is 0.390. The number of thiazole rings is 1. The summed E-state index contributed by atoms with van der Waals surface area (Å²) in [7, 11) is 0. The topological polar surface area (TPSA) is 51.8 Å². The molecule has 0 aliphatic carbocycles. The number of aromatic nitrogens is 2. The lowest BCUT2D eigenvalue weighted by atomic mass is 10.0. The molecule has 0 aliphatic heterocycles. The molecule has 3 aromatic rings. The normalized spacial score (nSPS) is 11.3. The molecule has 2 N–H and O–H groups in total. The number of rotatable bonds is 3. The fourth-order valence-corrected chi connectivity index (χ4v) is 3.45. The molecule has 0 saturated carbocycles. The number of hydrogen-bond acceptors (Lipinski definition) is 4. The van der Waals surface area contributed by atoms with E-state index in [2.05, 4.69) is 48.1 Å². The molecule has 2 heterocycles. The van der Waals surface area contributed by atoms with E-state index in [9.17, 15) is 0 Å². The van der Waals surface area contributed by atoms with Gasteiger partial charge in [0.1, 0.15) is 0 Å². The number of hydrogen-bond donors (Lipinski definition) is 1. The van der Waals surface area contributed by atoms with E-state index in [1.54, 1.807) is 11.3 Å². The largest absolute Gasteiger partial charge is 0.375 e. The maximum atomic E-state index is 5.88. The fraction of sp³-hybridized carbons (Fsp3) is 0.250. The van der Waals surface area contributed by atoms with Crippen molar-refractivity contribution in [1.29, 1.82) is 0 Å². The molecule has 0 radical (unpaired) electrons. The lowest BCUT2D eigenvalue weighted by Crippen LogP contribution is -1.96. The van der Waals surface area contributed by atoms with Crippen molar-refractivity contribution in [2.45, 2.75) is 26.2 Å². The number of nitrogen functional groups attached to an aromatic ring is 1. The van der Waals surface area contributed by atoms with Gasteiger partial charge in [-0.05, 0) is 17.5 Å². The smallest absolute Gasteiger partial charge is 0.180 e. The Morgan fingerprint density at radius 1 is 1.20 bits per heavy atom. The van der Waals surface area contributed by atoms with Gasteiger partial charge in [0.05, 0.1) is 11.2 Å². The van der Waals surface area contributed by atoms with E-state index < -0.39 is 0 Å². The van der Waals surface area contributed by atoms with Crippen LogP contribution in [0.3, 0.4) is 0 Å². The van der Waals surface area contributed by atoms with E-state index in [4.69, 9.17) is 5.73 Å². The zero-order chi connectivity index (χ0) is 14.1. The van der Waals surface area contributed by atoms with E-state index in [1.807, 2.05) is 12.3 Å². The summed E-state index contributed by atoms with van der Waals surface area (Å²) in [5.41, 5.74) is 9.28. The molecule has 1 aromatic carbocycles. The average Bonchev–Trinajstić information content (AvgIpc) is 2.80. The first-order valence-electron chi connectivity index (χ1n) is 6.73. The van der Waals surface area contributed by atoms with Crippen molar-refractivity contribution < 1.29 is 0 Å². The third-order valence-corrected chi connectivity index (χ3v) is 4.26. The molecular formula is C16H17N3S. The molecule has 3 rings (SSSR count). The maximum Gasteiger partial charge on any atom is 0.180 e. The van der Waals surface area contributed by atoms with Gasteiger partial charge in [0.25, 0.3) is 0 Å². The molecule has 0 aliphatic rings. The molecule has 0 atom stereocenters. The van der Waals surface area contributed by atoms with Crippen LogP contribution in [-0.4, -0.2) is 9.97 Å². The molecule has 0 fully saturated rings. The number of anilines is 1. The highest BCUT2D eigenvalue weighted by Crippen LogP contribution is 2.30. The van der Waals surface area contributed by atoms with E-state index in [-0.39, 0.29) is 0 Å². The van der Waals surface area contributed by atoms with Crippen LogP contribution in [0.25, 0.3) is 10.9 Å². The number of benzene rings is 1. The van der Waals surface area contributed by atoms with Gasteiger partial charge in [-0.1, -0.05) is 38.1 Å². The molecule has 0 unspecified atom stereocenters. The molecule has 0 saturated heterocycles. The molecule has 102 valence electrons. The van der Waals surface area contributed by atoms with Gasteiger partial charge in [-0.15, -0.1) is 11.3 Å². The zero-order valence-electron chi connectivity index (χ0n) is 11.6. The number of nitrogens with zero attached hydrogens (tertiary/aromatic N) is 2. The molecular weight excluding hydrogens is 266 g/mol. The van der Waals surface area contributed by atoms with Gasteiger partial charge < -0.3 is 5.73 Å². The first-order chi connectivity index (χ1) is 9.65. The van der Waals surface area contributed by atoms with Crippen LogP contribution in [0.1, 0.15) is 35.9 Å². The van der Waals surface area contributed by atoms with Crippen LogP contribution in [0.2, 0.25) is 0 Å². The summed E-state index contributed by atoms with van der Waals surface area (Å²) in [6.45, 7) is 4.30. The Hall–Kier alpha value is -1.94. The third-order valence-electron chi connectivity index (χ3n) is 3.36. The Bertz CT molecular complexity index is 741. The number of para-hydroxylation sites is 1. The van der Waals surface area contributed by atoms with Crippen molar-refractivity contribution in [3.63, 3.8) is 0 Å². The SMILES string of the molecule is CC(C)c1nc(N)sc1Cc1cccc2cccnc12. The van der Waals surface area contributed by atoms with Crippen molar-refractivity contribution in [2.75, 3.05) is 5.73 Å². The van der Waals surface area contributed by atoms with Crippen molar-refractivity contribution in [3.8, 4) is 0 Å². The number of fused-ring (bicyclic) bond motifs is 1. The molecule has 3 nitrogen and oxygen atoms in total. The summed E-state index contributed by atoms with van der Waals surface area (Å²) in [6.07, 6.45) is 2.69. The molecule has 0 bridgehead atoms. The summed E-state index contributed by atoms with van der Waals surface area (Å²) < 4.78 is 0. The summed E-state index contributed by atoms with van der Waals surface area (Å²) in [6, 6.07) is 10.4. The monoisotopic (exact) mass is 283 g/mol. The van der Waals surface area contributed by atoms with E-state index in [0.717, 1.165) is 17.6 Å². The molecule has 0 amide bonds. The molecule has 20 heavy (non-hydrogen) atoms. The highest BCUT2D eigenvalue weighted by atomic mass is 32.1. The van der Waals surface area contributed by atoms with Crippen LogP contribution in [-0.2, 0) is 6.42 Å². The zero-order valence-corrected chi connectivity index (χ0v) is 12.4.